The summed E-state index contributed by atoms with van der Waals surface area (Å²) >= 11 is 0. The van der Waals surface area contributed by atoms with Crippen molar-refractivity contribution in [2.45, 2.75) is 26.7 Å². The number of carbonyl (C=O) groups excluding carboxylic acids is 1. The molecule has 1 N–H and O–H groups in total. The number of benzene rings is 2. The van der Waals surface area contributed by atoms with Crippen molar-refractivity contribution in [3.05, 3.63) is 71.3 Å². The largest absolute Gasteiger partial charge is 0.273 e. The smallest absolute Gasteiger partial charge is 0.244 e. The molecule has 0 unspecified atom stereocenters. The molecule has 0 aliphatic heterocycles. The van der Waals surface area contributed by atoms with Crippen molar-refractivity contribution in [3.8, 4) is 0 Å². The Morgan fingerprint density at radius 3 is 2.29 bits per heavy atom. The highest BCUT2D eigenvalue weighted by Gasteiger charge is 2.03. The molecule has 0 heterocycles. The third-order valence-electron chi connectivity index (χ3n) is 3.34. The number of nitrogens with zero attached hydrogens (tertiary/aromatic N) is 1. The van der Waals surface area contributed by atoms with E-state index in [9.17, 15) is 4.79 Å². The van der Waals surface area contributed by atoms with Crippen LogP contribution in [-0.4, -0.2) is 11.6 Å². The van der Waals surface area contributed by atoms with Crippen LogP contribution < -0.4 is 5.43 Å². The van der Waals surface area contributed by atoms with Gasteiger partial charge in [0, 0.05) is 0 Å². The summed E-state index contributed by atoms with van der Waals surface area (Å²) in [4.78, 5) is 11.8. The van der Waals surface area contributed by atoms with Crippen molar-refractivity contribution in [1.82, 2.24) is 5.43 Å². The predicted molar refractivity (Wildman–Crippen MR) is 86.3 cm³/mol. The van der Waals surface area contributed by atoms with Gasteiger partial charge in [-0.1, -0.05) is 61.5 Å². The van der Waals surface area contributed by atoms with Crippen LogP contribution >= 0.6 is 0 Å². The number of hydrazone groups is 1. The number of carbonyl (C=O) groups is 1. The molecule has 0 radical (unpaired) electrons. The van der Waals surface area contributed by atoms with E-state index in [4.69, 9.17) is 0 Å². The van der Waals surface area contributed by atoms with E-state index in [0.717, 1.165) is 23.3 Å². The summed E-state index contributed by atoms with van der Waals surface area (Å²) < 4.78 is 0. The standard InChI is InChI=1S/C18H20N2O/c1-3-15-9-11-17(12-10-15)14(2)19-20-18(21)13-16-7-5-4-6-8-16/h4-12H,3,13H2,1-2H3,(H,20,21). The predicted octanol–water partition coefficient (Wildman–Crippen LogP) is 3.33. The van der Waals surface area contributed by atoms with Gasteiger partial charge < -0.3 is 0 Å². The summed E-state index contributed by atoms with van der Waals surface area (Å²) in [7, 11) is 0. The average molecular weight is 280 g/mol. The molecule has 2 rings (SSSR count). The van der Waals surface area contributed by atoms with Gasteiger partial charge in [0.1, 0.15) is 0 Å². The van der Waals surface area contributed by atoms with Crippen molar-refractivity contribution in [2.24, 2.45) is 5.10 Å². The van der Waals surface area contributed by atoms with E-state index in [1.807, 2.05) is 49.4 Å². The minimum absolute atomic E-state index is 0.106. The van der Waals surface area contributed by atoms with Gasteiger partial charge in [0.25, 0.3) is 0 Å². The zero-order valence-corrected chi connectivity index (χ0v) is 12.5. The van der Waals surface area contributed by atoms with Gasteiger partial charge >= 0.3 is 0 Å². The third-order valence-corrected chi connectivity index (χ3v) is 3.34. The number of amides is 1. The first-order chi connectivity index (χ1) is 10.2. The monoisotopic (exact) mass is 280 g/mol. The van der Waals surface area contributed by atoms with Crippen LogP contribution in [0.5, 0.6) is 0 Å². The molecule has 0 atom stereocenters. The molecule has 0 fully saturated rings. The fraction of sp³-hybridized carbons (Fsp3) is 0.222. The Kier molecular flexibility index (Phi) is 5.27. The van der Waals surface area contributed by atoms with E-state index in [0.29, 0.717) is 6.42 Å². The minimum Gasteiger partial charge on any atom is -0.273 e. The Labute approximate surface area is 125 Å². The van der Waals surface area contributed by atoms with E-state index in [1.165, 1.54) is 5.56 Å². The molecule has 108 valence electrons. The van der Waals surface area contributed by atoms with Gasteiger partial charge in [-0.3, -0.25) is 4.79 Å². The van der Waals surface area contributed by atoms with Crippen LogP contribution in [0.25, 0.3) is 0 Å². The molecule has 3 nitrogen and oxygen atoms in total. The quantitative estimate of drug-likeness (QED) is 0.662. The van der Waals surface area contributed by atoms with E-state index in [1.54, 1.807) is 0 Å². The van der Waals surface area contributed by atoms with Gasteiger partial charge in [-0.15, -0.1) is 0 Å². The Bertz CT molecular complexity index is 615. The van der Waals surface area contributed by atoms with Gasteiger partial charge in [0.15, 0.2) is 0 Å². The molecular weight excluding hydrogens is 260 g/mol. The van der Waals surface area contributed by atoms with Crippen molar-refractivity contribution in [3.63, 3.8) is 0 Å². The van der Waals surface area contributed by atoms with Crippen LogP contribution in [0.1, 0.15) is 30.5 Å². The zero-order chi connectivity index (χ0) is 15.1. The fourth-order valence-electron chi connectivity index (χ4n) is 2.01. The topological polar surface area (TPSA) is 41.5 Å². The Morgan fingerprint density at radius 2 is 1.67 bits per heavy atom. The molecule has 0 saturated heterocycles. The van der Waals surface area contributed by atoms with E-state index in [2.05, 4.69) is 29.6 Å². The van der Waals surface area contributed by atoms with Crippen LogP contribution in [0.15, 0.2) is 59.7 Å². The highest BCUT2D eigenvalue weighted by Crippen LogP contribution is 2.06. The molecule has 21 heavy (non-hydrogen) atoms. The number of aryl methyl sites for hydroxylation is 1. The summed E-state index contributed by atoms with van der Waals surface area (Å²) in [6.07, 6.45) is 1.36. The van der Waals surface area contributed by atoms with Gasteiger partial charge in [-0.25, -0.2) is 5.43 Å². The maximum absolute atomic E-state index is 11.8. The molecular formula is C18H20N2O. The lowest BCUT2D eigenvalue weighted by atomic mass is 10.1. The van der Waals surface area contributed by atoms with Crippen LogP contribution in [0.3, 0.4) is 0 Å². The average Bonchev–Trinajstić information content (AvgIpc) is 2.53. The van der Waals surface area contributed by atoms with Gasteiger partial charge in [0.05, 0.1) is 12.1 Å². The Balaban J connectivity index is 1.94. The normalized spacial score (nSPS) is 11.2. The third kappa shape index (κ3) is 4.56. The van der Waals surface area contributed by atoms with Crippen molar-refractivity contribution >= 4 is 11.6 Å². The lowest BCUT2D eigenvalue weighted by Crippen LogP contribution is -2.21. The number of nitrogens with one attached hydrogen (secondary N) is 1. The number of hydrogen-bond donors (Lipinski definition) is 1. The van der Waals surface area contributed by atoms with E-state index in [-0.39, 0.29) is 5.91 Å². The van der Waals surface area contributed by atoms with E-state index < -0.39 is 0 Å². The lowest BCUT2D eigenvalue weighted by molar-refractivity contribution is -0.120. The van der Waals surface area contributed by atoms with Crippen molar-refractivity contribution in [1.29, 1.82) is 0 Å². The first kappa shape index (κ1) is 15.0. The molecule has 3 heteroatoms. The molecule has 0 aromatic heterocycles. The SMILES string of the molecule is CCc1ccc(C(C)=NNC(=O)Cc2ccccc2)cc1. The highest BCUT2D eigenvalue weighted by atomic mass is 16.2. The first-order valence-corrected chi connectivity index (χ1v) is 7.15. The second-order valence-electron chi connectivity index (χ2n) is 4.95. The van der Waals surface area contributed by atoms with Crippen LogP contribution in [0, 0.1) is 0 Å². The fourth-order valence-corrected chi connectivity index (χ4v) is 2.01. The second-order valence-corrected chi connectivity index (χ2v) is 4.95. The number of hydrogen-bond acceptors (Lipinski definition) is 2. The molecule has 0 aliphatic carbocycles. The summed E-state index contributed by atoms with van der Waals surface area (Å²) in [6.45, 7) is 4.02. The summed E-state index contributed by atoms with van der Waals surface area (Å²) in [5, 5.41) is 4.16. The van der Waals surface area contributed by atoms with Crippen LogP contribution in [0.4, 0.5) is 0 Å². The Hall–Kier alpha value is -2.42. The van der Waals surface area contributed by atoms with Crippen LogP contribution in [-0.2, 0) is 17.6 Å². The van der Waals surface area contributed by atoms with E-state index >= 15 is 0 Å². The number of rotatable bonds is 5. The Morgan fingerprint density at radius 1 is 1.00 bits per heavy atom. The van der Waals surface area contributed by atoms with Gasteiger partial charge in [-0.05, 0) is 30.0 Å². The molecule has 1 amide bonds. The van der Waals surface area contributed by atoms with Gasteiger partial charge in [-0.2, -0.15) is 5.10 Å². The van der Waals surface area contributed by atoms with Crippen molar-refractivity contribution < 1.29 is 4.79 Å². The highest BCUT2D eigenvalue weighted by molar-refractivity contribution is 5.99. The molecule has 2 aromatic carbocycles. The maximum Gasteiger partial charge on any atom is 0.244 e. The first-order valence-electron chi connectivity index (χ1n) is 7.15. The molecule has 0 aliphatic rings. The summed E-state index contributed by atoms with van der Waals surface area (Å²) in [5.74, 6) is -0.106. The molecule has 0 saturated carbocycles. The van der Waals surface area contributed by atoms with Gasteiger partial charge in [0.2, 0.25) is 5.91 Å². The second kappa shape index (κ2) is 7.39. The summed E-state index contributed by atoms with van der Waals surface area (Å²) in [5.41, 5.74) is 6.71. The molecule has 0 bridgehead atoms. The molecule has 2 aromatic rings. The minimum atomic E-state index is -0.106. The lowest BCUT2D eigenvalue weighted by Gasteiger charge is -2.04. The zero-order valence-electron chi connectivity index (χ0n) is 12.5. The summed E-state index contributed by atoms with van der Waals surface area (Å²) in [6, 6.07) is 17.9. The van der Waals surface area contributed by atoms with Crippen LogP contribution in [0.2, 0.25) is 0 Å². The molecule has 0 spiro atoms. The maximum atomic E-state index is 11.8. The van der Waals surface area contributed by atoms with Crippen molar-refractivity contribution in [2.75, 3.05) is 0 Å².